The van der Waals surface area contributed by atoms with Crippen molar-refractivity contribution < 1.29 is 12.6 Å². The van der Waals surface area contributed by atoms with Crippen molar-refractivity contribution in [1.82, 2.24) is 9.78 Å². The van der Waals surface area contributed by atoms with Crippen molar-refractivity contribution in [2.45, 2.75) is 39.8 Å². The first-order valence-corrected chi connectivity index (χ1v) is 7.04. The molecule has 5 nitrogen and oxygen atoms in total. The van der Waals surface area contributed by atoms with E-state index in [2.05, 4.69) is 18.9 Å². The molecule has 1 unspecified atom stereocenters. The van der Waals surface area contributed by atoms with Gasteiger partial charge in [0.1, 0.15) is 0 Å². The van der Waals surface area contributed by atoms with Gasteiger partial charge in [-0.3, -0.25) is 8.86 Å². The second-order valence-electron chi connectivity index (χ2n) is 3.94. The molecule has 0 amide bonds. The van der Waals surface area contributed by atoms with Gasteiger partial charge in [-0.05, 0) is 20.3 Å². The molecule has 1 aromatic heterocycles. The van der Waals surface area contributed by atoms with E-state index in [9.17, 15) is 8.42 Å². The van der Waals surface area contributed by atoms with E-state index in [0.717, 1.165) is 23.9 Å². The Labute approximate surface area is 96.5 Å². The molecule has 92 valence electrons. The van der Waals surface area contributed by atoms with E-state index in [0.29, 0.717) is 6.04 Å². The van der Waals surface area contributed by atoms with E-state index < -0.39 is 10.1 Å². The molecule has 1 heterocycles. The molecule has 1 atom stereocenters. The summed E-state index contributed by atoms with van der Waals surface area (Å²) in [5, 5.41) is 4.32. The normalized spacial score (nSPS) is 14.0. The summed E-state index contributed by atoms with van der Waals surface area (Å²) in [5.74, 6) is 0. The molecule has 0 bridgehead atoms. The van der Waals surface area contributed by atoms with Gasteiger partial charge in [-0.2, -0.15) is 13.5 Å². The molecule has 0 N–H and O–H groups in total. The van der Waals surface area contributed by atoms with Crippen LogP contribution < -0.4 is 0 Å². The van der Waals surface area contributed by atoms with Crippen molar-refractivity contribution in [3.63, 3.8) is 0 Å². The van der Waals surface area contributed by atoms with Crippen LogP contribution in [0.15, 0.2) is 6.20 Å². The highest BCUT2D eigenvalue weighted by Gasteiger charge is 2.11. The lowest BCUT2D eigenvalue weighted by Gasteiger charge is -2.07. The van der Waals surface area contributed by atoms with Crippen LogP contribution in [0.5, 0.6) is 0 Å². The molecular weight excluding hydrogens is 228 g/mol. The maximum absolute atomic E-state index is 10.9. The van der Waals surface area contributed by atoms with Crippen LogP contribution in [0.25, 0.3) is 0 Å². The Kier molecular flexibility index (Phi) is 4.09. The maximum Gasteiger partial charge on any atom is 0.264 e. The molecule has 0 saturated carbocycles. The number of hydrogen-bond acceptors (Lipinski definition) is 4. The summed E-state index contributed by atoms with van der Waals surface area (Å²) in [5.41, 5.74) is 1.62. The lowest BCUT2D eigenvalue weighted by Crippen LogP contribution is -2.04. The summed E-state index contributed by atoms with van der Waals surface area (Å²) >= 11 is 0. The van der Waals surface area contributed by atoms with Crippen LogP contribution >= 0.6 is 0 Å². The summed E-state index contributed by atoms with van der Waals surface area (Å²) in [7, 11) is -3.39. The van der Waals surface area contributed by atoms with Gasteiger partial charge in [-0.1, -0.05) is 6.92 Å². The summed E-state index contributed by atoms with van der Waals surface area (Å²) < 4.78 is 28.3. The maximum atomic E-state index is 10.9. The number of hydrogen-bond donors (Lipinski definition) is 0. The highest BCUT2D eigenvalue weighted by Crippen LogP contribution is 2.14. The number of aryl methyl sites for hydroxylation is 1. The summed E-state index contributed by atoms with van der Waals surface area (Å²) in [6, 6.07) is 0.311. The summed E-state index contributed by atoms with van der Waals surface area (Å²) in [4.78, 5) is 0. The summed E-state index contributed by atoms with van der Waals surface area (Å²) in [6.07, 6.45) is 3.86. The van der Waals surface area contributed by atoms with E-state index in [1.165, 1.54) is 0 Å². The molecule has 1 aromatic rings. The van der Waals surface area contributed by atoms with Gasteiger partial charge in [0.2, 0.25) is 0 Å². The van der Waals surface area contributed by atoms with Gasteiger partial charge < -0.3 is 0 Å². The first kappa shape index (κ1) is 13.2. The second-order valence-corrected chi connectivity index (χ2v) is 5.59. The molecule has 0 aliphatic carbocycles. The van der Waals surface area contributed by atoms with Crippen molar-refractivity contribution in [1.29, 1.82) is 0 Å². The molecular formula is C10H18N2O3S. The molecule has 0 spiro atoms. The predicted octanol–water partition coefficient (Wildman–Crippen LogP) is 1.64. The Hall–Kier alpha value is -0.880. The first-order chi connectivity index (χ1) is 7.33. The highest BCUT2D eigenvalue weighted by molar-refractivity contribution is 7.85. The van der Waals surface area contributed by atoms with Gasteiger partial charge in [-0.15, -0.1) is 0 Å². The molecule has 1 rings (SSSR count). The number of aromatic nitrogens is 2. The van der Waals surface area contributed by atoms with Gasteiger partial charge in [0.25, 0.3) is 10.1 Å². The second kappa shape index (κ2) is 4.97. The molecule has 0 aromatic carbocycles. The third-order valence-corrected chi connectivity index (χ3v) is 3.04. The van der Waals surface area contributed by atoms with Crippen LogP contribution in [-0.2, 0) is 20.9 Å². The largest absolute Gasteiger partial charge is 0.269 e. The number of rotatable bonds is 5. The van der Waals surface area contributed by atoms with Gasteiger partial charge in [0.15, 0.2) is 0 Å². The van der Waals surface area contributed by atoms with E-state index in [-0.39, 0.29) is 6.61 Å². The van der Waals surface area contributed by atoms with Crippen LogP contribution in [0.2, 0.25) is 0 Å². The van der Waals surface area contributed by atoms with Gasteiger partial charge in [0.05, 0.1) is 18.6 Å². The first-order valence-electron chi connectivity index (χ1n) is 5.22. The number of nitrogens with zero attached hydrogens (tertiary/aromatic N) is 2. The van der Waals surface area contributed by atoms with E-state index in [1.54, 1.807) is 0 Å². The van der Waals surface area contributed by atoms with Crippen molar-refractivity contribution in [3.8, 4) is 0 Å². The Morgan fingerprint density at radius 3 is 2.69 bits per heavy atom. The lowest BCUT2D eigenvalue weighted by atomic mass is 10.2. The Morgan fingerprint density at radius 2 is 2.19 bits per heavy atom. The van der Waals surface area contributed by atoms with Crippen LogP contribution in [0, 0.1) is 6.92 Å². The van der Waals surface area contributed by atoms with E-state index >= 15 is 0 Å². The van der Waals surface area contributed by atoms with Gasteiger partial charge in [-0.25, -0.2) is 0 Å². The zero-order valence-electron chi connectivity index (χ0n) is 10.1. The lowest BCUT2D eigenvalue weighted by molar-refractivity contribution is 0.310. The Morgan fingerprint density at radius 1 is 1.56 bits per heavy atom. The fraction of sp³-hybridized carbons (Fsp3) is 0.700. The SMILES string of the molecule is CCC(C)n1cc(COS(C)(=O)=O)c(C)n1. The minimum atomic E-state index is -3.39. The molecule has 0 radical (unpaired) electrons. The fourth-order valence-corrected chi connectivity index (χ4v) is 1.59. The van der Waals surface area contributed by atoms with Gasteiger partial charge in [0, 0.05) is 17.8 Å². The molecule has 16 heavy (non-hydrogen) atoms. The monoisotopic (exact) mass is 246 g/mol. The van der Waals surface area contributed by atoms with Gasteiger partial charge >= 0.3 is 0 Å². The molecule has 0 fully saturated rings. The minimum Gasteiger partial charge on any atom is -0.269 e. The average molecular weight is 246 g/mol. The Bertz CT molecular complexity index is 451. The minimum absolute atomic E-state index is 0.0566. The zero-order chi connectivity index (χ0) is 12.3. The molecule has 6 heteroatoms. The zero-order valence-corrected chi connectivity index (χ0v) is 10.9. The fourth-order valence-electron chi connectivity index (χ4n) is 1.24. The molecule has 0 aliphatic heterocycles. The average Bonchev–Trinajstić information content (AvgIpc) is 2.54. The molecule has 0 aliphatic rings. The predicted molar refractivity (Wildman–Crippen MR) is 61.6 cm³/mol. The van der Waals surface area contributed by atoms with Crippen LogP contribution in [0.3, 0.4) is 0 Å². The highest BCUT2D eigenvalue weighted by atomic mass is 32.2. The van der Waals surface area contributed by atoms with Crippen LogP contribution in [-0.4, -0.2) is 24.5 Å². The van der Waals surface area contributed by atoms with Crippen molar-refractivity contribution in [2.24, 2.45) is 0 Å². The van der Waals surface area contributed by atoms with Crippen molar-refractivity contribution in [3.05, 3.63) is 17.5 Å². The van der Waals surface area contributed by atoms with Crippen molar-refractivity contribution >= 4 is 10.1 Å². The van der Waals surface area contributed by atoms with Crippen LogP contribution in [0.1, 0.15) is 37.6 Å². The smallest absolute Gasteiger partial charge is 0.264 e. The Balaban J connectivity index is 2.78. The third kappa shape index (κ3) is 3.61. The van der Waals surface area contributed by atoms with E-state index in [1.807, 2.05) is 17.8 Å². The summed E-state index contributed by atoms with van der Waals surface area (Å²) in [6.45, 7) is 6.04. The van der Waals surface area contributed by atoms with Crippen LogP contribution in [0.4, 0.5) is 0 Å². The quantitative estimate of drug-likeness (QED) is 0.741. The molecule has 0 saturated heterocycles. The van der Waals surface area contributed by atoms with E-state index in [4.69, 9.17) is 4.18 Å². The third-order valence-electron chi connectivity index (χ3n) is 2.49. The standard InChI is InChI=1S/C10H18N2O3S/c1-5-8(2)12-6-10(9(3)11-12)7-15-16(4,13)14/h6,8H,5,7H2,1-4H3. The topological polar surface area (TPSA) is 61.2 Å². The van der Waals surface area contributed by atoms with Crippen molar-refractivity contribution in [2.75, 3.05) is 6.26 Å².